The van der Waals surface area contributed by atoms with Gasteiger partial charge >= 0.3 is 18.0 Å². The Bertz CT molecular complexity index is 1110. The molecule has 174 valence electrons. The van der Waals surface area contributed by atoms with Gasteiger partial charge in [-0.2, -0.15) is 5.01 Å². The molecule has 0 aromatic heterocycles. The van der Waals surface area contributed by atoms with Gasteiger partial charge in [-0.1, -0.05) is 41.1 Å². The molecule has 11 heteroatoms. The van der Waals surface area contributed by atoms with Gasteiger partial charge in [-0.05, 0) is 49.1 Å². The third kappa shape index (κ3) is 5.14. The van der Waals surface area contributed by atoms with Gasteiger partial charge in [0.05, 0.1) is 18.4 Å². The van der Waals surface area contributed by atoms with Crippen LogP contribution in [0.4, 0.5) is 19.7 Å². The number of esters is 1. The van der Waals surface area contributed by atoms with Crippen LogP contribution in [0.15, 0.2) is 46.9 Å². The Morgan fingerprint density at radius 1 is 1.21 bits per heavy atom. The number of hydrazine groups is 1. The standard InChI is InChI=1S/C22H22BrFN4O5/c1-3-22(11-10-13-6-4-5-7-15(13)18(29)33-2)19(30)28(21(32)26-22)27-20(31)25-17-9-8-14(23)12-16(17)24/h4-9,12H,3,10-11H2,1-2H3,(H,26,32)(H2,25,27,31). The molecule has 1 unspecified atom stereocenters. The molecule has 1 aliphatic rings. The van der Waals surface area contributed by atoms with Gasteiger partial charge in [0.15, 0.2) is 0 Å². The van der Waals surface area contributed by atoms with E-state index in [9.17, 15) is 23.6 Å². The highest BCUT2D eigenvalue weighted by Crippen LogP contribution is 2.27. The van der Waals surface area contributed by atoms with Crippen molar-refractivity contribution in [3.05, 3.63) is 63.9 Å². The third-order valence-corrected chi connectivity index (χ3v) is 5.90. The summed E-state index contributed by atoms with van der Waals surface area (Å²) in [5, 5.41) is 5.47. The Morgan fingerprint density at radius 3 is 2.61 bits per heavy atom. The zero-order valence-corrected chi connectivity index (χ0v) is 19.5. The van der Waals surface area contributed by atoms with Crippen LogP contribution in [-0.2, 0) is 16.0 Å². The smallest absolute Gasteiger partial charge is 0.344 e. The molecule has 3 rings (SSSR count). The first-order valence-corrected chi connectivity index (χ1v) is 10.9. The number of nitrogens with zero attached hydrogens (tertiary/aromatic N) is 1. The van der Waals surface area contributed by atoms with Crippen molar-refractivity contribution in [2.24, 2.45) is 0 Å². The zero-order chi connectivity index (χ0) is 24.2. The molecule has 0 saturated carbocycles. The average molecular weight is 521 g/mol. The molecule has 1 atom stereocenters. The average Bonchev–Trinajstić information content (AvgIpc) is 3.03. The van der Waals surface area contributed by atoms with E-state index in [0.717, 1.165) is 6.07 Å². The number of urea groups is 2. The highest BCUT2D eigenvalue weighted by molar-refractivity contribution is 9.10. The minimum atomic E-state index is -1.28. The zero-order valence-electron chi connectivity index (χ0n) is 17.9. The predicted octanol–water partition coefficient (Wildman–Crippen LogP) is 3.74. The number of methoxy groups -OCH3 is 1. The maximum absolute atomic E-state index is 14.0. The first kappa shape index (κ1) is 24.2. The molecule has 33 heavy (non-hydrogen) atoms. The van der Waals surface area contributed by atoms with Gasteiger partial charge in [0.25, 0.3) is 5.91 Å². The van der Waals surface area contributed by atoms with Crippen LogP contribution in [0.25, 0.3) is 0 Å². The molecule has 0 aliphatic carbocycles. The van der Waals surface area contributed by atoms with Crippen molar-refractivity contribution in [3.63, 3.8) is 0 Å². The van der Waals surface area contributed by atoms with Crippen molar-refractivity contribution < 1.29 is 28.3 Å². The van der Waals surface area contributed by atoms with Gasteiger partial charge in [-0.25, -0.2) is 24.2 Å². The summed E-state index contributed by atoms with van der Waals surface area (Å²) >= 11 is 3.12. The Labute approximate surface area is 197 Å². The molecule has 1 heterocycles. The van der Waals surface area contributed by atoms with Crippen LogP contribution >= 0.6 is 15.9 Å². The van der Waals surface area contributed by atoms with Crippen LogP contribution in [0, 0.1) is 5.82 Å². The molecule has 2 aromatic rings. The number of imide groups is 1. The lowest BCUT2D eigenvalue weighted by Crippen LogP contribution is -2.51. The van der Waals surface area contributed by atoms with Crippen molar-refractivity contribution in [1.29, 1.82) is 0 Å². The van der Waals surface area contributed by atoms with Crippen molar-refractivity contribution in [1.82, 2.24) is 15.8 Å². The number of hydrogen-bond donors (Lipinski definition) is 3. The molecule has 5 amide bonds. The van der Waals surface area contributed by atoms with Crippen LogP contribution < -0.4 is 16.1 Å². The first-order chi connectivity index (χ1) is 15.7. The van der Waals surface area contributed by atoms with Crippen molar-refractivity contribution in [2.45, 2.75) is 31.7 Å². The van der Waals surface area contributed by atoms with Gasteiger partial charge in [-0.15, -0.1) is 0 Å². The van der Waals surface area contributed by atoms with Crippen molar-refractivity contribution >= 4 is 45.6 Å². The normalized spacial score (nSPS) is 17.5. The van der Waals surface area contributed by atoms with Crippen LogP contribution in [0.5, 0.6) is 0 Å². The molecule has 1 fully saturated rings. The van der Waals surface area contributed by atoms with E-state index < -0.39 is 35.3 Å². The Balaban J connectivity index is 1.71. The Morgan fingerprint density at radius 2 is 1.94 bits per heavy atom. The van der Waals surface area contributed by atoms with Gasteiger partial charge < -0.3 is 15.4 Å². The van der Waals surface area contributed by atoms with Gasteiger partial charge in [0.2, 0.25) is 0 Å². The fraction of sp³-hybridized carbons (Fsp3) is 0.273. The summed E-state index contributed by atoms with van der Waals surface area (Å²) in [4.78, 5) is 49.9. The summed E-state index contributed by atoms with van der Waals surface area (Å²) in [5.74, 6) is -1.85. The maximum Gasteiger partial charge on any atom is 0.344 e. The molecule has 9 nitrogen and oxygen atoms in total. The summed E-state index contributed by atoms with van der Waals surface area (Å²) in [6.07, 6.45) is 0.734. The highest BCUT2D eigenvalue weighted by atomic mass is 79.9. The van der Waals surface area contributed by atoms with E-state index in [2.05, 4.69) is 32.0 Å². The second-order valence-corrected chi connectivity index (χ2v) is 8.26. The van der Waals surface area contributed by atoms with Crippen LogP contribution in [0.2, 0.25) is 0 Å². The van der Waals surface area contributed by atoms with E-state index in [0.29, 0.717) is 27.0 Å². The molecular weight excluding hydrogens is 499 g/mol. The van der Waals surface area contributed by atoms with Gasteiger partial charge in [0.1, 0.15) is 11.4 Å². The summed E-state index contributed by atoms with van der Waals surface area (Å²) in [7, 11) is 1.28. The second kappa shape index (κ2) is 9.99. The minimum absolute atomic E-state index is 0.121. The van der Waals surface area contributed by atoms with E-state index in [4.69, 9.17) is 4.74 Å². The number of benzene rings is 2. The van der Waals surface area contributed by atoms with Gasteiger partial charge in [0, 0.05) is 4.47 Å². The number of carbonyl (C=O) groups is 4. The highest BCUT2D eigenvalue weighted by Gasteiger charge is 2.50. The molecule has 1 aliphatic heterocycles. The lowest BCUT2D eigenvalue weighted by atomic mass is 9.87. The number of halogens is 2. The van der Waals surface area contributed by atoms with Crippen molar-refractivity contribution in [2.75, 3.05) is 12.4 Å². The quantitative estimate of drug-likeness (QED) is 0.379. The maximum atomic E-state index is 14.0. The molecule has 3 N–H and O–H groups in total. The molecule has 1 saturated heterocycles. The number of carbonyl (C=O) groups excluding carboxylic acids is 4. The van der Waals surface area contributed by atoms with E-state index >= 15 is 0 Å². The molecular formula is C22H22BrFN4O5. The lowest BCUT2D eigenvalue weighted by molar-refractivity contribution is -0.133. The molecule has 0 spiro atoms. The number of rotatable bonds is 7. The van der Waals surface area contributed by atoms with Gasteiger partial charge in [-0.3, -0.25) is 4.79 Å². The summed E-state index contributed by atoms with van der Waals surface area (Å²) in [6, 6.07) is 9.08. The summed E-state index contributed by atoms with van der Waals surface area (Å²) < 4.78 is 19.2. The Hall–Kier alpha value is -3.47. The van der Waals surface area contributed by atoms with Crippen LogP contribution in [-0.4, -0.2) is 41.6 Å². The van der Waals surface area contributed by atoms with E-state index in [1.165, 1.54) is 19.2 Å². The van der Waals surface area contributed by atoms with Crippen LogP contribution in [0.1, 0.15) is 35.7 Å². The Kier molecular flexibility index (Phi) is 7.32. The molecule has 0 radical (unpaired) electrons. The third-order valence-electron chi connectivity index (χ3n) is 5.40. The fourth-order valence-electron chi connectivity index (χ4n) is 3.55. The number of amides is 5. The minimum Gasteiger partial charge on any atom is -0.465 e. The summed E-state index contributed by atoms with van der Waals surface area (Å²) in [6.45, 7) is 1.73. The van der Waals surface area contributed by atoms with E-state index in [1.54, 1.807) is 31.2 Å². The van der Waals surface area contributed by atoms with E-state index in [-0.39, 0.29) is 18.5 Å². The number of ether oxygens (including phenoxy) is 1. The summed E-state index contributed by atoms with van der Waals surface area (Å²) in [5.41, 5.74) is 1.79. The predicted molar refractivity (Wildman–Crippen MR) is 121 cm³/mol. The van der Waals surface area contributed by atoms with E-state index in [1.807, 2.05) is 0 Å². The largest absolute Gasteiger partial charge is 0.465 e. The van der Waals surface area contributed by atoms with Crippen LogP contribution in [0.3, 0.4) is 0 Å². The number of aryl methyl sites for hydroxylation is 1. The van der Waals surface area contributed by atoms with Crippen molar-refractivity contribution in [3.8, 4) is 0 Å². The SMILES string of the molecule is CCC1(CCc2ccccc2C(=O)OC)NC(=O)N(NC(=O)Nc2ccc(Br)cc2F)C1=O. The second-order valence-electron chi connectivity index (χ2n) is 7.35. The number of hydrogen-bond acceptors (Lipinski definition) is 5. The monoisotopic (exact) mass is 520 g/mol. The number of nitrogens with one attached hydrogen (secondary N) is 3. The fourth-order valence-corrected chi connectivity index (χ4v) is 3.88. The topological polar surface area (TPSA) is 117 Å². The molecule has 0 bridgehead atoms. The number of anilines is 1. The molecule has 2 aromatic carbocycles. The lowest BCUT2D eigenvalue weighted by Gasteiger charge is -2.25. The first-order valence-electron chi connectivity index (χ1n) is 10.1.